The molecule has 0 saturated heterocycles. The normalized spacial score (nSPS) is 11.4. The van der Waals surface area contributed by atoms with Crippen LogP contribution in [0.15, 0.2) is 41.7 Å². The van der Waals surface area contributed by atoms with Gasteiger partial charge in [-0.2, -0.15) is 0 Å². The molecule has 0 atom stereocenters. The molecule has 1 amide bonds. The predicted molar refractivity (Wildman–Crippen MR) is 124 cm³/mol. The van der Waals surface area contributed by atoms with Crippen molar-refractivity contribution >= 4 is 32.4 Å². The lowest BCUT2D eigenvalue weighted by Gasteiger charge is -2.12. The van der Waals surface area contributed by atoms with Gasteiger partial charge in [0.2, 0.25) is 15.0 Å². The van der Waals surface area contributed by atoms with Crippen LogP contribution in [0.5, 0.6) is 0 Å². The van der Waals surface area contributed by atoms with Crippen LogP contribution >= 0.6 is 11.3 Å². The number of benzene rings is 1. The molecule has 32 heavy (non-hydrogen) atoms. The van der Waals surface area contributed by atoms with E-state index in [1.165, 1.54) is 11.3 Å². The molecule has 0 unspecified atom stereocenters. The maximum atomic E-state index is 12.3. The first-order valence-electron chi connectivity index (χ1n) is 9.98. The Morgan fingerprint density at radius 3 is 2.59 bits per heavy atom. The number of sulfone groups is 1. The molecule has 11 heteroatoms. The Morgan fingerprint density at radius 2 is 1.91 bits per heavy atom. The van der Waals surface area contributed by atoms with Crippen LogP contribution in [0.1, 0.15) is 26.3 Å². The SMILES string of the molecule is CCNC(=O)OCc1ccccc1-c1cc(-c2cnc(NC(C)C)s2)nc(S(C)(=O)=O)n1. The number of hydrogen-bond donors (Lipinski definition) is 2. The lowest BCUT2D eigenvalue weighted by molar-refractivity contribution is 0.140. The second-order valence-corrected chi connectivity index (χ2v) is 10.2. The predicted octanol–water partition coefficient (Wildman–Crippen LogP) is 3.74. The Morgan fingerprint density at radius 1 is 1.19 bits per heavy atom. The van der Waals surface area contributed by atoms with Gasteiger partial charge in [-0.1, -0.05) is 35.6 Å². The smallest absolute Gasteiger partial charge is 0.407 e. The largest absolute Gasteiger partial charge is 0.445 e. The van der Waals surface area contributed by atoms with E-state index in [4.69, 9.17) is 4.74 Å². The molecule has 3 aromatic rings. The highest BCUT2D eigenvalue weighted by Crippen LogP contribution is 2.32. The molecular weight excluding hydrogens is 450 g/mol. The summed E-state index contributed by atoms with van der Waals surface area (Å²) in [6.45, 7) is 6.28. The Bertz CT molecular complexity index is 1210. The number of thiazole rings is 1. The first-order chi connectivity index (χ1) is 15.2. The Kier molecular flexibility index (Phi) is 7.41. The molecule has 0 bridgehead atoms. The number of ether oxygens (including phenoxy) is 1. The summed E-state index contributed by atoms with van der Waals surface area (Å²) in [6.07, 6.45) is 2.19. The van der Waals surface area contributed by atoms with Crippen LogP contribution in [-0.2, 0) is 21.2 Å². The first kappa shape index (κ1) is 23.6. The molecule has 2 heterocycles. The van der Waals surface area contributed by atoms with E-state index < -0.39 is 15.9 Å². The van der Waals surface area contributed by atoms with E-state index in [-0.39, 0.29) is 17.8 Å². The van der Waals surface area contributed by atoms with Gasteiger partial charge in [0.05, 0.1) is 16.3 Å². The number of anilines is 1. The minimum Gasteiger partial charge on any atom is -0.445 e. The van der Waals surface area contributed by atoms with Gasteiger partial charge in [-0.15, -0.1) is 0 Å². The molecule has 0 fully saturated rings. The second kappa shape index (κ2) is 10.0. The number of nitrogens with zero attached hydrogens (tertiary/aromatic N) is 3. The maximum Gasteiger partial charge on any atom is 0.407 e. The zero-order chi connectivity index (χ0) is 23.3. The quantitative estimate of drug-likeness (QED) is 0.472. The van der Waals surface area contributed by atoms with Crippen molar-refractivity contribution in [3.05, 3.63) is 42.1 Å². The molecule has 170 valence electrons. The number of rotatable bonds is 8. The molecule has 3 rings (SSSR count). The van der Waals surface area contributed by atoms with Crippen LogP contribution in [-0.4, -0.2) is 48.3 Å². The topological polar surface area (TPSA) is 123 Å². The molecule has 1 aromatic carbocycles. The van der Waals surface area contributed by atoms with E-state index in [0.717, 1.165) is 6.26 Å². The third-order valence-electron chi connectivity index (χ3n) is 4.18. The van der Waals surface area contributed by atoms with Crippen molar-refractivity contribution in [3.8, 4) is 21.8 Å². The minimum atomic E-state index is -3.67. The van der Waals surface area contributed by atoms with Gasteiger partial charge in [-0.25, -0.2) is 28.2 Å². The van der Waals surface area contributed by atoms with Gasteiger partial charge in [0.25, 0.3) is 0 Å². The zero-order valence-corrected chi connectivity index (χ0v) is 19.9. The van der Waals surface area contributed by atoms with Crippen LogP contribution < -0.4 is 10.6 Å². The third kappa shape index (κ3) is 6.01. The molecule has 9 nitrogen and oxygen atoms in total. The first-order valence-corrected chi connectivity index (χ1v) is 12.7. The maximum absolute atomic E-state index is 12.3. The Balaban J connectivity index is 2.05. The molecule has 0 aliphatic carbocycles. The average molecular weight is 476 g/mol. The lowest BCUT2D eigenvalue weighted by Crippen LogP contribution is -2.23. The monoisotopic (exact) mass is 475 g/mol. The second-order valence-electron chi connectivity index (χ2n) is 7.29. The Hall–Kier alpha value is -3.05. The standard InChI is InChI=1S/C21H25N5O4S2/c1-5-22-21(27)30-12-14-8-6-7-9-15(14)16-10-17(26-20(25-16)32(4,28)29)18-11-23-19(31-18)24-13(2)3/h6-11,13H,5,12H2,1-4H3,(H,22,27)(H,23,24). The van der Waals surface area contributed by atoms with E-state index in [0.29, 0.717) is 39.1 Å². The number of aromatic nitrogens is 3. The van der Waals surface area contributed by atoms with Gasteiger partial charge in [0, 0.05) is 30.6 Å². The van der Waals surface area contributed by atoms with E-state index in [1.807, 2.05) is 26.0 Å². The van der Waals surface area contributed by atoms with Crippen LogP contribution in [0.3, 0.4) is 0 Å². The van der Waals surface area contributed by atoms with Crippen LogP contribution in [0.2, 0.25) is 0 Å². The average Bonchev–Trinajstić information content (AvgIpc) is 3.19. The van der Waals surface area contributed by atoms with Crippen LogP contribution in [0.4, 0.5) is 9.93 Å². The summed E-state index contributed by atoms with van der Waals surface area (Å²) in [5.41, 5.74) is 2.20. The summed E-state index contributed by atoms with van der Waals surface area (Å²) >= 11 is 1.38. The molecule has 0 aliphatic heterocycles. The summed E-state index contributed by atoms with van der Waals surface area (Å²) in [5, 5.41) is 6.23. The van der Waals surface area contributed by atoms with E-state index in [9.17, 15) is 13.2 Å². The number of nitrogens with one attached hydrogen (secondary N) is 2. The van der Waals surface area contributed by atoms with Crippen molar-refractivity contribution in [3.63, 3.8) is 0 Å². The number of amides is 1. The fourth-order valence-corrected chi connectivity index (χ4v) is 4.25. The zero-order valence-electron chi connectivity index (χ0n) is 18.2. The van der Waals surface area contributed by atoms with E-state index in [1.54, 1.807) is 31.3 Å². The van der Waals surface area contributed by atoms with Crippen molar-refractivity contribution < 1.29 is 17.9 Å². The lowest BCUT2D eigenvalue weighted by atomic mass is 10.0. The minimum absolute atomic E-state index is 0.0125. The fourth-order valence-electron chi connectivity index (χ4n) is 2.80. The Labute approximate surface area is 191 Å². The van der Waals surface area contributed by atoms with Gasteiger partial charge in [0.1, 0.15) is 6.61 Å². The van der Waals surface area contributed by atoms with Gasteiger partial charge in [-0.05, 0) is 32.4 Å². The van der Waals surface area contributed by atoms with Crippen molar-refractivity contribution in [2.45, 2.75) is 38.6 Å². The molecule has 0 saturated carbocycles. The van der Waals surface area contributed by atoms with Gasteiger partial charge in [0.15, 0.2) is 5.13 Å². The summed E-state index contributed by atoms with van der Waals surface area (Å²) in [4.78, 5) is 25.3. The molecule has 0 aliphatic rings. The number of carbonyl (C=O) groups is 1. The highest BCUT2D eigenvalue weighted by atomic mass is 32.2. The fraction of sp³-hybridized carbons (Fsp3) is 0.333. The molecular formula is C21H25N5O4S2. The van der Waals surface area contributed by atoms with E-state index >= 15 is 0 Å². The van der Waals surface area contributed by atoms with Crippen molar-refractivity contribution in [2.75, 3.05) is 18.1 Å². The van der Waals surface area contributed by atoms with Crippen molar-refractivity contribution in [1.82, 2.24) is 20.3 Å². The molecule has 0 radical (unpaired) electrons. The van der Waals surface area contributed by atoms with Crippen LogP contribution in [0, 0.1) is 0 Å². The summed E-state index contributed by atoms with van der Waals surface area (Å²) in [6, 6.07) is 9.14. The number of hydrogen-bond acceptors (Lipinski definition) is 9. The summed E-state index contributed by atoms with van der Waals surface area (Å²) in [5.74, 6) is 0. The highest BCUT2D eigenvalue weighted by Gasteiger charge is 2.19. The molecule has 2 aromatic heterocycles. The van der Waals surface area contributed by atoms with Gasteiger partial charge >= 0.3 is 6.09 Å². The molecule has 2 N–H and O–H groups in total. The number of carbonyl (C=O) groups excluding carboxylic acids is 1. The summed E-state index contributed by atoms with van der Waals surface area (Å²) < 4.78 is 29.8. The van der Waals surface area contributed by atoms with Gasteiger partial charge in [-0.3, -0.25) is 0 Å². The third-order valence-corrected chi connectivity index (χ3v) is 5.98. The van der Waals surface area contributed by atoms with Crippen molar-refractivity contribution in [2.24, 2.45) is 0 Å². The van der Waals surface area contributed by atoms with E-state index in [2.05, 4.69) is 25.6 Å². The highest BCUT2D eigenvalue weighted by molar-refractivity contribution is 7.90. The number of alkyl carbamates (subject to hydrolysis) is 1. The summed E-state index contributed by atoms with van der Waals surface area (Å²) in [7, 11) is -3.67. The van der Waals surface area contributed by atoms with Crippen LogP contribution in [0.25, 0.3) is 21.8 Å². The molecule has 0 spiro atoms. The van der Waals surface area contributed by atoms with Gasteiger partial charge < -0.3 is 15.4 Å². The van der Waals surface area contributed by atoms with Crippen molar-refractivity contribution in [1.29, 1.82) is 0 Å².